The molecule has 5 fully saturated rings. The van der Waals surface area contributed by atoms with E-state index >= 15 is 0 Å². The number of carboxylic acids is 1. The van der Waals surface area contributed by atoms with Crippen LogP contribution < -0.4 is 0 Å². The summed E-state index contributed by atoms with van der Waals surface area (Å²) in [6, 6.07) is 0. The Morgan fingerprint density at radius 1 is 0.863 bits per heavy atom. The number of carbonyl (C=O) groups is 2. The summed E-state index contributed by atoms with van der Waals surface area (Å²) < 4.78 is 12.9. The van der Waals surface area contributed by atoms with E-state index < -0.39 is 11.4 Å². The van der Waals surface area contributed by atoms with Gasteiger partial charge in [-0.3, -0.25) is 9.59 Å². The molecular formula is C46H74O5. The van der Waals surface area contributed by atoms with Gasteiger partial charge in [-0.1, -0.05) is 73.5 Å². The number of esters is 1. The van der Waals surface area contributed by atoms with Crippen LogP contribution in [-0.2, 0) is 19.1 Å². The summed E-state index contributed by atoms with van der Waals surface area (Å²) in [6.45, 7) is 24.4. The quantitative estimate of drug-likeness (QED) is 0.181. The van der Waals surface area contributed by atoms with Crippen molar-refractivity contribution in [2.24, 2.45) is 62.1 Å². The zero-order valence-corrected chi connectivity index (χ0v) is 34.0. The molecule has 6 aliphatic carbocycles. The van der Waals surface area contributed by atoms with Gasteiger partial charge < -0.3 is 14.6 Å². The molecule has 0 bridgehead atoms. The first-order chi connectivity index (χ1) is 23.9. The van der Waals surface area contributed by atoms with E-state index in [1.807, 2.05) is 13.8 Å². The number of allylic oxidation sites excluding steroid dienone is 3. The average molecular weight is 707 g/mol. The van der Waals surface area contributed by atoms with Gasteiger partial charge in [0.25, 0.3) is 0 Å². The predicted octanol–water partition coefficient (Wildman–Crippen LogP) is 12.1. The van der Waals surface area contributed by atoms with Crippen LogP contribution in [0.25, 0.3) is 0 Å². The van der Waals surface area contributed by atoms with Crippen LogP contribution in [0.2, 0.25) is 0 Å². The Morgan fingerprint density at radius 3 is 2.33 bits per heavy atom. The summed E-state index contributed by atoms with van der Waals surface area (Å²) >= 11 is 0. The van der Waals surface area contributed by atoms with Crippen molar-refractivity contribution in [1.82, 2.24) is 0 Å². The van der Waals surface area contributed by atoms with Crippen LogP contribution in [-0.4, -0.2) is 29.8 Å². The van der Waals surface area contributed by atoms with Gasteiger partial charge in [0.2, 0.25) is 0 Å². The molecule has 0 heterocycles. The third-order valence-electron chi connectivity index (χ3n) is 17.3. The third kappa shape index (κ3) is 6.90. The molecule has 1 N–H and O–H groups in total. The van der Waals surface area contributed by atoms with Gasteiger partial charge in [0.15, 0.2) is 0 Å². The third-order valence-corrected chi connectivity index (χ3v) is 17.3. The maximum absolute atomic E-state index is 13.2. The van der Waals surface area contributed by atoms with Gasteiger partial charge in [-0.25, -0.2) is 0 Å². The normalized spacial score (nSPS) is 42.1. The predicted molar refractivity (Wildman–Crippen MR) is 206 cm³/mol. The first kappa shape index (κ1) is 38.9. The number of hydrogen-bond donors (Lipinski definition) is 1. The van der Waals surface area contributed by atoms with Crippen molar-refractivity contribution in [3.8, 4) is 0 Å². The zero-order valence-electron chi connectivity index (χ0n) is 34.0. The number of ether oxygens (including phenoxy) is 2. The Balaban J connectivity index is 1.20. The molecule has 0 spiro atoms. The molecule has 51 heavy (non-hydrogen) atoms. The molecule has 0 saturated heterocycles. The van der Waals surface area contributed by atoms with Crippen molar-refractivity contribution in [2.75, 3.05) is 6.61 Å². The van der Waals surface area contributed by atoms with E-state index in [-0.39, 0.29) is 41.2 Å². The molecule has 6 aliphatic rings. The number of hydrogen-bond acceptors (Lipinski definition) is 4. The van der Waals surface area contributed by atoms with Crippen molar-refractivity contribution in [2.45, 2.75) is 183 Å². The molecule has 0 aromatic heterocycles. The first-order valence-corrected chi connectivity index (χ1v) is 21.3. The van der Waals surface area contributed by atoms with Gasteiger partial charge in [-0.15, -0.1) is 0 Å². The number of aliphatic carboxylic acids is 1. The van der Waals surface area contributed by atoms with Gasteiger partial charge in [0.1, 0.15) is 6.10 Å². The molecule has 0 radical (unpaired) electrons. The number of carbonyl (C=O) groups excluding carboxylic acids is 1. The molecule has 5 nitrogen and oxygen atoms in total. The lowest BCUT2D eigenvalue weighted by Gasteiger charge is -2.73. The Bertz CT molecular complexity index is 1360. The summed E-state index contributed by atoms with van der Waals surface area (Å²) in [5.74, 6) is 3.41. The van der Waals surface area contributed by atoms with Crippen LogP contribution in [0.5, 0.6) is 0 Å². The van der Waals surface area contributed by atoms with Crippen molar-refractivity contribution in [1.29, 1.82) is 0 Å². The molecule has 5 heteroatoms. The lowest BCUT2D eigenvalue weighted by molar-refractivity contribution is -0.251. The Kier molecular flexibility index (Phi) is 10.8. The van der Waals surface area contributed by atoms with Crippen LogP contribution in [0.4, 0.5) is 0 Å². The lowest BCUT2D eigenvalue weighted by atomic mass is 9.32. The standard InChI is InChI=1S/C46H74O5/c1-31(2)33-19-24-46(27-28-50-32-15-13-11-10-12-14-16-32)26-25-44(8)34(40(33)46)17-18-36-43(7)22-21-37(42(5,6)35(43)20-23-45(36,44)9)51-39(49)30-41(3,4)29-38(47)48/h15,33-37,40H,1,10-14,16-30H2,2-9H3,(H,47,48)/t33-,34+,35-,36+,37-,40+,43-,44+,45+,46+/m0/s1. The molecule has 0 aromatic rings. The molecule has 0 amide bonds. The second-order valence-electron chi connectivity index (χ2n) is 21.0. The molecule has 10 atom stereocenters. The summed E-state index contributed by atoms with van der Waals surface area (Å²) in [6.07, 6.45) is 23.6. The largest absolute Gasteiger partial charge is 0.498 e. The van der Waals surface area contributed by atoms with Crippen molar-refractivity contribution in [3.63, 3.8) is 0 Å². The molecule has 5 saturated carbocycles. The second-order valence-corrected chi connectivity index (χ2v) is 21.0. The average Bonchev–Trinajstić information content (AvgIpc) is 3.39. The van der Waals surface area contributed by atoms with E-state index in [4.69, 9.17) is 9.47 Å². The van der Waals surface area contributed by atoms with Gasteiger partial charge in [0.05, 0.1) is 25.2 Å². The van der Waals surface area contributed by atoms with E-state index in [0.717, 1.165) is 31.8 Å². The fourth-order valence-electron chi connectivity index (χ4n) is 14.6. The summed E-state index contributed by atoms with van der Waals surface area (Å²) in [5, 5.41) is 9.36. The zero-order chi connectivity index (χ0) is 37.0. The van der Waals surface area contributed by atoms with Crippen LogP contribution >= 0.6 is 0 Å². The van der Waals surface area contributed by atoms with Crippen LogP contribution in [0.3, 0.4) is 0 Å². The van der Waals surface area contributed by atoms with E-state index in [1.165, 1.54) is 101 Å². The number of rotatable bonds is 10. The van der Waals surface area contributed by atoms with E-state index in [1.54, 1.807) is 0 Å². The summed E-state index contributed by atoms with van der Waals surface area (Å²) in [5.41, 5.74) is 1.87. The second kappa shape index (κ2) is 14.1. The minimum absolute atomic E-state index is 0.0297. The monoisotopic (exact) mass is 707 g/mol. The van der Waals surface area contributed by atoms with Gasteiger partial charge >= 0.3 is 11.9 Å². The van der Waals surface area contributed by atoms with E-state index in [9.17, 15) is 14.7 Å². The highest BCUT2D eigenvalue weighted by Crippen LogP contribution is 2.78. The number of fused-ring (bicyclic) bond motifs is 7. The highest BCUT2D eigenvalue weighted by atomic mass is 16.5. The lowest BCUT2D eigenvalue weighted by Crippen LogP contribution is -2.66. The highest BCUT2D eigenvalue weighted by Gasteiger charge is 2.71. The summed E-state index contributed by atoms with van der Waals surface area (Å²) in [4.78, 5) is 24.6. The molecular weight excluding hydrogens is 633 g/mol. The van der Waals surface area contributed by atoms with Gasteiger partial charge in [0, 0.05) is 11.8 Å². The first-order valence-electron chi connectivity index (χ1n) is 21.3. The Morgan fingerprint density at radius 2 is 1.61 bits per heavy atom. The molecule has 6 rings (SSSR count). The number of carboxylic acid groups (broad SMARTS) is 1. The highest BCUT2D eigenvalue weighted by molar-refractivity contribution is 5.73. The maximum Gasteiger partial charge on any atom is 0.306 e. The van der Waals surface area contributed by atoms with Gasteiger partial charge in [-0.05, 0) is 160 Å². The summed E-state index contributed by atoms with van der Waals surface area (Å²) in [7, 11) is 0. The van der Waals surface area contributed by atoms with E-state index in [2.05, 4.69) is 54.2 Å². The van der Waals surface area contributed by atoms with Crippen molar-refractivity contribution in [3.05, 3.63) is 24.0 Å². The van der Waals surface area contributed by atoms with Crippen LogP contribution in [0, 0.1) is 62.1 Å². The van der Waals surface area contributed by atoms with Crippen LogP contribution in [0.1, 0.15) is 177 Å². The minimum Gasteiger partial charge on any atom is -0.498 e. The molecule has 0 aromatic carbocycles. The minimum atomic E-state index is -0.867. The van der Waals surface area contributed by atoms with E-state index in [0.29, 0.717) is 34.5 Å². The van der Waals surface area contributed by atoms with Crippen LogP contribution in [0.15, 0.2) is 24.0 Å². The van der Waals surface area contributed by atoms with Crippen molar-refractivity contribution >= 4 is 11.9 Å². The molecule has 0 unspecified atom stereocenters. The Hall–Kier alpha value is -1.78. The Labute approximate surface area is 311 Å². The molecule has 0 aliphatic heterocycles. The fourth-order valence-corrected chi connectivity index (χ4v) is 14.6. The van der Waals surface area contributed by atoms with Crippen molar-refractivity contribution < 1.29 is 24.2 Å². The smallest absolute Gasteiger partial charge is 0.306 e. The SMILES string of the molecule is C=C(C)[C@@H]1CC[C@]2(CCOC3=CCCCCCC3)CC[C@]3(C)[C@H](CC[C@@H]4[C@@]5(C)CC[C@H](OC(=O)CC(C)(C)CC(=O)O)C(C)(C)[C@@H]5CC[C@]43C)[C@@H]12. The maximum atomic E-state index is 13.2. The fraction of sp³-hybridized carbons (Fsp3) is 0.870. The van der Waals surface area contributed by atoms with Gasteiger partial charge in [-0.2, -0.15) is 0 Å². The topological polar surface area (TPSA) is 72.8 Å². The molecule has 288 valence electrons.